The van der Waals surface area contributed by atoms with E-state index in [0.29, 0.717) is 6.10 Å². The molecule has 0 saturated carbocycles. The molecule has 0 amide bonds. The smallest absolute Gasteiger partial charge is 0.124 e. The molecule has 94 valence electrons. The van der Waals surface area contributed by atoms with Gasteiger partial charge in [0.15, 0.2) is 0 Å². The molecule has 1 fully saturated rings. The highest BCUT2D eigenvalue weighted by Gasteiger charge is 2.25. The molecule has 1 aliphatic heterocycles. The third-order valence-corrected chi connectivity index (χ3v) is 4.41. The summed E-state index contributed by atoms with van der Waals surface area (Å²) in [5, 5.41) is 0. The molecule has 1 aromatic carbocycles. The van der Waals surface area contributed by atoms with E-state index in [2.05, 4.69) is 41.9 Å². The van der Waals surface area contributed by atoms with Crippen molar-refractivity contribution in [3.63, 3.8) is 0 Å². The molecule has 0 bridgehead atoms. The average molecular weight is 299 g/mol. The molecular weight excluding hydrogens is 280 g/mol. The number of halogens is 1. The van der Waals surface area contributed by atoms with Crippen LogP contribution in [0.3, 0.4) is 0 Å². The van der Waals surface area contributed by atoms with Crippen LogP contribution in [0, 0.1) is 13.8 Å². The zero-order valence-electron chi connectivity index (χ0n) is 10.6. The Balaban J connectivity index is 2.26. The number of ether oxygens (including phenoxy) is 2. The van der Waals surface area contributed by atoms with Gasteiger partial charge >= 0.3 is 0 Å². The number of methoxy groups -OCH3 is 1. The van der Waals surface area contributed by atoms with Crippen LogP contribution in [0.25, 0.3) is 0 Å². The Morgan fingerprint density at radius 1 is 1.35 bits per heavy atom. The van der Waals surface area contributed by atoms with Crippen LogP contribution in [0.2, 0.25) is 0 Å². The molecule has 17 heavy (non-hydrogen) atoms. The van der Waals surface area contributed by atoms with E-state index in [9.17, 15) is 0 Å². The summed E-state index contributed by atoms with van der Waals surface area (Å²) in [6, 6.07) is 4.37. The van der Waals surface area contributed by atoms with E-state index in [1.807, 2.05) is 0 Å². The van der Waals surface area contributed by atoms with Gasteiger partial charge in [0.05, 0.1) is 18.0 Å². The zero-order chi connectivity index (χ0) is 12.4. The van der Waals surface area contributed by atoms with Crippen LogP contribution in [0.1, 0.15) is 34.4 Å². The summed E-state index contributed by atoms with van der Waals surface area (Å²) in [7, 11) is 1.72. The minimum Gasteiger partial charge on any atom is -0.496 e. The Bertz CT molecular complexity index is 374. The van der Waals surface area contributed by atoms with Gasteiger partial charge in [-0.1, -0.05) is 28.1 Å². The van der Waals surface area contributed by atoms with Crippen molar-refractivity contribution in [3.05, 3.63) is 28.8 Å². The maximum Gasteiger partial charge on any atom is 0.124 e. The number of hydrogen-bond acceptors (Lipinski definition) is 2. The van der Waals surface area contributed by atoms with Crippen molar-refractivity contribution in [2.75, 3.05) is 13.7 Å². The van der Waals surface area contributed by atoms with Gasteiger partial charge in [-0.05, 0) is 43.4 Å². The summed E-state index contributed by atoms with van der Waals surface area (Å²) in [6.07, 6.45) is 2.61. The van der Waals surface area contributed by atoms with Crippen LogP contribution in [0.15, 0.2) is 12.1 Å². The predicted molar refractivity (Wildman–Crippen MR) is 73.1 cm³/mol. The van der Waals surface area contributed by atoms with Crippen molar-refractivity contribution in [2.24, 2.45) is 0 Å². The molecule has 1 saturated heterocycles. The Kier molecular flexibility index (Phi) is 4.10. The maximum atomic E-state index is 5.73. The topological polar surface area (TPSA) is 18.5 Å². The fourth-order valence-corrected chi connectivity index (χ4v) is 3.19. The van der Waals surface area contributed by atoms with Crippen molar-refractivity contribution in [2.45, 2.75) is 37.6 Å². The summed E-state index contributed by atoms with van der Waals surface area (Å²) in [6.45, 7) is 5.07. The number of hydrogen-bond donors (Lipinski definition) is 0. The van der Waals surface area contributed by atoms with Gasteiger partial charge in [-0.15, -0.1) is 0 Å². The van der Waals surface area contributed by atoms with Crippen LogP contribution < -0.4 is 4.74 Å². The summed E-state index contributed by atoms with van der Waals surface area (Å²) >= 11 is 3.76. The average Bonchev–Trinajstić information content (AvgIpc) is 2.81. The molecule has 1 heterocycles. The minimum absolute atomic E-state index is 0.285. The predicted octanol–water partition coefficient (Wildman–Crippen LogP) is 3.93. The van der Waals surface area contributed by atoms with Crippen molar-refractivity contribution in [1.82, 2.24) is 0 Å². The van der Waals surface area contributed by atoms with E-state index in [1.165, 1.54) is 23.1 Å². The van der Waals surface area contributed by atoms with Crippen LogP contribution >= 0.6 is 15.9 Å². The molecule has 0 aromatic heterocycles. The molecule has 0 aliphatic carbocycles. The SMILES string of the molecule is COc1c(C)cc(C(Br)C2CCCO2)cc1C. The molecule has 0 spiro atoms. The van der Waals surface area contributed by atoms with Crippen molar-refractivity contribution < 1.29 is 9.47 Å². The fourth-order valence-electron chi connectivity index (χ4n) is 2.51. The first-order chi connectivity index (χ1) is 8.13. The minimum atomic E-state index is 0.285. The molecule has 3 heteroatoms. The summed E-state index contributed by atoms with van der Waals surface area (Å²) in [5.41, 5.74) is 3.66. The number of alkyl halides is 1. The second kappa shape index (κ2) is 5.40. The Hall–Kier alpha value is -0.540. The number of rotatable bonds is 3. The normalized spacial score (nSPS) is 21.5. The second-order valence-corrected chi connectivity index (χ2v) is 5.63. The molecule has 2 rings (SSSR count). The third kappa shape index (κ3) is 2.66. The Labute approximate surface area is 111 Å². The van der Waals surface area contributed by atoms with Gasteiger partial charge in [-0.3, -0.25) is 0 Å². The van der Waals surface area contributed by atoms with E-state index < -0.39 is 0 Å². The highest BCUT2D eigenvalue weighted by atomic mass is 79.9. The highest BCUT2D eigenvalue weighted by molar-refractivity contribution is 9.09. The molecule has 1 aromatic rings. The molecule has 2 unspecified atom stereocenters. The first-order valence-corrected chi connectivity index (χ1v) is 6.96. The molecule has 0 radical (unpaired) electrons. The third-order valence-electron chi connectivity index (χ3n) is 3.30. The summed E-state index contributed by atoms with van der Waals surface area (Å²) in [4.78, 5) is 0.285. The fraction of sp³-hybridized carbons (Fsp3) is 0.571. The highest BCUT2D eigenvalue weighted by Crippen LogP contribution is 2.36. The summed E-state index contributed by atoms with van der Waals surface area (Å²) in [5.74, 6) is 0.987. The Morgan fingerprint density at radius 2 is 2.00 bits per heavy atom. The van der Waals surface area contributed by atoms with E-state index in [-0.39, 0.29) is 4.83 Å². The molecule has 2 atom stereocenters. The number of benzene rings is 1. The van der Waals surface area contributed by atoms with Gasteiger partial charge in [-0.2, -0.15) is 0 Å². The van der Waals surface area contributed by atoms with Crippen LogP contribution in [0.4, 0.5) is 0 Å². The lowest BCUT2D eigenvalue weighted by molar-refractivity contribution is 0.110. The van der Waals surface area contributed by atoms with Gasteiger partial charge in [0, 0.05) is 6.61 Å². The van der Waals surface area contributed by atoms with Gasteiger partial charge < -0.3 is 9.47 Å². The maximum absolute atomic E-state index is 5.73. The van der Waals surface area contributed by atoms with Crippen molar-refractivity contribution >= 4 is 15.9 Å². The second-order valence-electron chi connectivity index (χ2n) is 4.64. The first kappa shape index (κ1) is 12.9. The molecule has 1 aliphatic rings. The van der Waals surface area contributed by atoms with Gasteiger partial charge in [0.25, 0.3) is 0 Å². The van der Waals surface area contributed by atoms with E-state index in [4.69, 9.17) is 9.47 Å². The lowest BCUT2D eigenvalue weighted by Crippen LogP contribution is -2.12. The van der Waals surface area contributed by atoms with Gasteiger partial charge in [-0.25, -0.2) is 0 Å². The van der Waals surface area contributed by atoms with Gasteiger partial charge in [0.2, 0.25) is 0 Å². The lowest BCUT2D eigenvalue weighted by atomic mass is 10.00. The van der Waals surface area contributed by atoms with E-state index >= 15 is 0 Å². The van der Waals surface area contributed by atoms with E-state index in [1.54, 1.807) is 7.11 Å². The van der Waals surface area contributed by atoms with E-state index in [0.717, 1.165) is 18.8 Å². The molecule has 2 nitrogen and oxygen atoms in total. The Morgan fingerprint density at radius 3 is 2.47 bits per heavy atom. The van der Waals surface area contributed by atoms with Crippen LogP contribution in [0.5, 0.6) is 5.75 Å². The number of aryl methyl sites for hydroxylation is 2. The molecular formula is C14H19BrO2. The lowest BCUT2D eigenvalue weighted by Gasteiger charge is -2.19. The largest absolute Gasteiger partial charge is 0.496 e. The monoisotopic (exact) mass is 298 g/mol. The first-order valence-electron chi connectivity index (χ1n) is 6.04. The van der Waals surface area contributed by atoms with Crippen molar-refractivity contribution in [3.8, 4) is 5.75 Å². The zero-order valence-corrected chi connectivity index (χ0v) is 12.2. The standard InChI is InChI=1S/C14H19BrO2/c1-9-7-11(8-10(2)14(9)16-3)13(15)12-5-4-6-17-12/h7-8,12-13H,4-6H2,1-3H3. The van der Waals surface area contributed by atoms with Crippen molar-refractivity contribution in [1.29, 1.82) is 0 Å². The summed E-state index contributed by atoms with van der Waals surface area (Å²) < 4.78 is 11.1. The van der Waals surface area contributed by atoms with Crippen LogP contribution in [-0.4, -0.2) is 19.8 Å². The quantitative estimate of drug-likeness (QED) is 0.787. The molecule has 0 N–H and O–H groups in total. The van der Waals surface area contributed by atoms with Crippen LogP contribution in [-0.2, 0) is 4.74 Å². The van der Waals surface area contributed by atoms with Gasteiger partial charge in [0.1, 0.15) is 5.75 Å².